The Balaban J connectivity index is 2.54. The van der Waals surface area contributed by atoms with Gasteiger partial charge in [0.25, 0.3) is 0 Å². The Morgan fingerprint density at radius 2 is 2.06 bits per heavy atom. The highest BCUT2D eigenvalue weighted by atomic mass is 35.5. The van der Waals surface area contributed by atoms with E-state index in [2.05, 4.69) is 10.6 Å². The molecule has 0 aliphatic heterocycles. The fourth-order valence-corrected chi connectivity index (χ4v) is 1.66. The van der Waals surface area contributed by atoms with Crippen LogP contribution in [-0.2, 0) is 11.3 Å². The first-order chi connectivity index (χ1) is 8.40. The van der Waals surface area contributed by atoms with E-state index in [0.717, 1.165) is 0 Å². The van der Waals surface area contributed by atoms with Crippen LogP contribution in [0.5, 0.6) is 5.75 Å². The molecule has 100 valence electrons. The zero-order valence-corrected chi connectivity index (χ0v) is 11.6. The van der Waals surface area contributed by atoms with Crippen LogP contribution in [0, 0.1) is 0 Å². The Morgan fingerprint density at radius 1 is 1.39 bits per heavy atom. The lowest BCUT2D eigenvalue weighted by molar-refractivity contribution is -0.123. The maximum atomic E-state index is 11.7. The summed E-state index contributed by atoms with van der Waals surface area (Å²) in [7, 11) is 0. The van der Waals surface area contributed by atoms with Gasteiger partial charge in [0.1, 0.15) is 5.75 Å². The predicted molar refractivity (Wildman–Crippen MR) is 72.7 cm³/mol. The van der Waals surface area contributed by atoms with Gasteiger partial charge in [-0.3, -0.25) is 4.79 Å². The van der Waals surface area contributed by atoms with Gasteiger partial charge in [-0.15, -0.1) is 0 Å². The highest BCUT2D eigenvalue weighted by Crippen LogP contribution is 2.21. The third-order valence-electron chi connectivity index (χ3n) is 2.46. The molecule has 4 nitrogen and oxygen atoms in total. The van der Waals surface area contributed by atoms with Crippen molar-refractivity contribution in [2.24, 2.45) is 0 Å². The lowest BCUT2D eigenvalue weighted by atomic mass is 10.2. The average molecular weight is 271 g/mol. The van der Waals surface area contributed by atoms with Gasteiger partial charge in [-0.1, -0.05) is 11.6 Å². The van der Waals surface area contributed by atoms with Gasteiger partial charge in [0.15, 0.2) is 0 Å². The summed E-state index contributed by atoms with van der Waals surface area (Å²) in [6.45, 7) is 5.99. The van der Waals surface area contributed by atoms with Gasteiger partial charge in [0.2, 0.25) is 5.91 Å². The molecule has 1 atom stereocenters. The average Bonchev–Trinajstić information content (AvgIpc) is 2.29. The van der Waals surface area contributed by atoms with E-state index in [-0.39, 0.29) is 23.7 Å². The molecule has 3 N–H and O–H groups in total. The van der Waals surface area contributed by atoms with Crippen LogP contribution < -0.4 is 10.6 Å². The minimum Gasteiger partial charge on any atom is -0.508 e. The van der Waals surface area contributed by atoms with Crippen molar-refractivity contribution in [3.63, 3.8) is 0 Å². The number of nitrogens with one attached hydrogen (secondary N) is 2. The number of hydrogen-bond donors (Lipinski definition) is 3. The van der Waals surface area contributed by atoms with Crippen LogP contribution in [0.15, 0.2) is 18.2 Å². The zero-order valence-electron chi connectivity index (χ0n) is 10.8. The molecule has 1 unspecified atom stereocenters. The largest absolute Gasteiger partial charge is 0.508 e. The van der Waals surface area contributed by atoms with Gasteiger partial charge >= 0.3 is 0 Å². The van der Waals surface area contributed by atoms with Crippen LogP contribution in [0.2, 0.25) is 5.02 Å². The molecule has 1 amide bonds. The second-order valence-electron chi connectivity index (χ2n) is 4.54. The predicted octanol–water partition coefficient (Wildman–Crippen LogP) is 2.05. The van der Waals surface area contributed by atoms with Crippen molar-refractivity contribution >= 4 is 17.5 Å². The Labute approximate surface area is 112 Å². The molecule has 0 spiro atoms. The molecule has 0 saturated heterocycles. The number of phenols is 1. The number of rotatable bonds is 5. The summed E-state index contributed by atoms with van der Waals surface area (Å²) in [5.74, 6) is 0.106. The first-order valence-electron chi connectivity index (χ1n) is 5.91. The van der Waals surface area contributed by atoms with E-state index in [0.29, 0.717) is 17.1 Å². The van der Waals surface area contributed by atoms with E-state index >= 15 is 0 Å². The SMILES string of the molecule is CC(C)NC(=O)C(C)NCc1cc(Cl)ccc1O. The molecule has 0 aliphatic rings. The molecule has 0 aliphatic carbocycles. The minimum absolute atomic E-state index is 0.0634. The molecule has 0 radical (unpaired) electrons. The van der Waals surface area contributed by atoms with Crippen molar-refractivity contribution in [3.8, 4) is 5.75 Å². The number of carbonyl (C=O) groups is 1. The standard InChI is InChI=1S/C13H19ClN2O2/c1-8(2)16-13(18)9(3)15-7-10-6-11(14)4-5-12(10)17/h4-6,8-9,15,17H,7H2,1-3H3,(H,16,18). The van der Waals surface area contributed by atoms with Crippen LogP contribution in [-0.4, -0.2) is 23.1 Å². The number of aromatic hydroxyl groups is 1. The quantitative estimate of drug-likeness (QED) is 0.767. The van der Waals surface area contributed by atoms with E-state index in [1.807, 2.05) is 13.8 Å². The van der Waals surface area contributed by atoms with E-state index in [9.17, 15) is 9.90 Å². The van der Waals surface area contributed by atoms with Crippen molar-refractivity contribution < 1.29 is 9.90 Å². The molecular weight excluding hydrogens is 252 g/mol. The van der Waals surface area contributed by atoms with E-state index in [1.165, 1.54) is 6.07 Å². The van der Waals surface area contributed by atoms with Gasteiger partial charge in [0.05, 0.1) is 6.04 Å². The van der Waals surface area contributed by atoms with E-state index in [4.69, 9.17) is 11.6 Å². The van der Waals surface area contributed by atoms with Gasteiger partial charge in [0, 0.05) is 23.2 Å². The smallest absolute Gasteiger partial charge is 0.237 e. The first kappa shape index (κ1) is 14.8. The summed E-state index contributed by atoms with van der Waals surface area (Å²) in [5, 5.41) is 16.0. The van der Waals surface area contributed by atoms with Crippen LogP contribution in [0.3, 0.4) is 0 Å². The molecule has 0 heterocycles. The molecule has 0 saturated carbocycles. The molecule has 1 rings (SSSR count). The number of benzene rings is 1. The van der Waals surface area contributed by atoms with Gasteiger partial charge < -0.3 is 15.7 Å². The van der Waals surface area contributed by atoms with Crippen LogP contribution in [0.25, 0.3) is 0 Å². The molecule has 5 heteroatoms. The van der Waals surface area contributed by atoms with Crippen molar-refractivity contribution in [2.75, 3.05) is 0 Å². The topological polar surface area (TPSA) is 61.4 Å². The third kappa shape index (κ3) is 4.55. The van der Waals surface area contributed by atoms with Gasteiger partial charge in [-0.2, -0.15) is 0 Å². The second kappa shape index (κ2) is 6.61. The van der Waals surface area contributed by atoms with E-state index in [1.54, 1.807) is 19.1 Å². The van der Waals surface area contributed by atoms with E-state index < -0.39 is 0 Å². The third-order valence-corrected chi connectivity index (χ3v) is 2.70. The minimum atomic E-state index is -0.328. The summed E-state index contributed by atoms with van der Waals surface area (Å²) < 4.78 is 0. The summed E-state index contributed by atoms with van der Waals surface area (Å²) >= 11 is 5.85. The van der Waals surface area contributed by atoms with Crippen molar-refractivity contribution in [3.05, 3.63) is 28.8 Å². The van der Waals surface area contributed by atoms with Crippen molar-refractivity contribution in [2.45, 2.75) is 39.4 Å². The number of carbonyl (C=O) groups excluding carboxylic acids is 1. The Bertz CT molecular complexity index is 421. The fourth-order valence-electron chi connectivity index (χ4n) is 1.46. The van der Waals surface area contributed by atoms with Crippen LogP contribution in [0.1, 0.15) is 26.3 Å². The monoisotopic (exact) mass is 270 g/mol. The fraction of sp³-hybridized carbons (Fsp3) is 0.462. The molecule has 0 fully saturated rings. The number of halogens is 1. The van der Waals surface area contributed by atoms with Crippen LogP contribution >= 0.6 is 11.6 Å². The van der Waals surface area contributed by atoms with Gasteiger partial charge in [-0.05, 0) is 39.0 Å². The molecule has 0 aromatic heterocycles. The zero-order chi connectivity index (χ0) is 13.7. The number of hydrogen-bond acceptors (Lipinski definition) is 3. The van der Waals surface area contributed by atoms with Crippen molar-refractivity contribution in [1.29, 1.82) is 0 Å². The maximum absolute atomic E-state index is 11.7. The summed E-state index contributed by atoms with van der Waals surface area (Å²) in [6.07, 6.45) is 0. The molecule has 18 heavy (non-hydrogen) atoms. The highest BCUT2D eigenvalue weighted by Gasteiger charge is 2.13. The normalized spacial score (nSPS) is 12.5. The number of phenolic OH excluding ortho intramolecular Hbond substituents is 1. The molecular formula is C13H19ClN2O2. The first-order valence-corrected chi connectivity index (χ1v) is 6.29. The Morgan fingerprint density at radius 3 is 2.67 bits per heavy atom. The molecule has 1 aromatic carbocycles. The Hall–Kier alpha value is -1.26. The summed E-state index contributed by atoms with van der Waals surface area (Å²) in [5.41, 5.74) is 0.673. The lowest BCUT2D eigenvalue weighted by Gasteiger charge is -2.16. The molecule has 1 aromatic rings. The summed E-state index contributed by atoms with van der Waals surface area (Å²) in [6, 6.07) is 4.62. The number of amides is 1. The molecule has 0 bridgehead atoms. The lowest BCUT2D eigenvalue weighted by Crippen LogP contribution is -2.44. The highest BCUT2D eigenvalue weighted by molar-refractivity contribution is 6.30. The second-order valence-corrected chi connectivity index (χ2v) is 4.98. The summed E-state index contributed by atoms with van der Waals surface area (Å²) in [4.78, 5) is 11.7. The van der Waals surface area contributed by atoms with Crippen LogP contribution in [0.4, 0.5) is 0 Å². The Kier molecular flexibility index (Phi) is 5.44. The van der Waals surface area contributed by atoms with Gasteiger partial charge in [-0.25, -0.2) is 0 Å². The van der Waals surface area contributed by atoms with Crippen molar-refractivity contribution in [1.82, 2.24) is 10.6 Å². The maximum Gasteiger partial charge on any atom is 0.237 e.